The molecule has 5 nitrogen and oxygen atoms in total. The Morgan fingerprint density at radius 3 is 2.17 bits per heavy atom. The predicted octanol–water partition coefficient (Wildman–Crippen LogP) is 13.2. The number of imidazole rings is 1. The molecule has 7 aromatic carbocycles. The summed E-state index contributed by atoms with van der Waals surface area (Å²) in [6, 6.07) is 52.4. The molecule has 0 aliphatic heterocycles. The van der Waals surface area contributed by atoms with Crippen molar-refractivity contribution < 1.29 is 34.2 Å². The summed E-state index contributed by atoms with van der Waals surface area (Å²) >= 11 is 0. The minimum absolute atomic E-state index is 0. The van der Waals surface area contributed by atoms with Crippen LogP contribution in [0.15, 0.2) is 158 Å². The van der Waals surface area contributed by atoms with Gasteiger partial charge in [-0.3, -0.25) is 4.57 Å². The van der Waals surface area contributed by atoms with E-state index in [9.17, 15) is 13.2 Å². The fourth-order valence-corrected chi connectivity index (χ4v) is 8.50. The topological polar surface area (TPSA) is 49.7 Å². The Labute approximate surface area is 357 Å². The van der Waals surface area contributed by atoms with Gasteiger partial charge < -0.3 is 9.55 Å². The standard InChI is InChI=1S/C51H32F3N5.Pt/c1-30-16-21-44-40(24-30)38-19-17-33(28-46(38)59(44)47-25-31(2)22-23-55-47)37-14-9-15-45-49(37)57-50(58(45)36-12-7-4-8-13-36)42-27-34(32-10-5-3-6-11-32)26-41-39-29-35(51(52,53)54)18-20-43(39)56-48(41)42;/h3-27,29H,1-2H3;/q-2;+2. The molecule has 0 fully saturated rings. The second-order valence-corrected chi connectivity index (χ2v) is 15.1. The molecule has 0 radical (unpaired) electrons. The Morgan fingerprint density at radius 1 is 0.600 bits per heavy atom. The molecule has 0 saturated carbocycles. The first-order chi connectivity index (χ1) is 28.7. The van der Waals surface area contributed by atoms with Gasteiger partial charge in [-0.05, 0) is 107 Å². The molecule has 0 aliphatic carbocycles. The molecule has 0 amide bonds. The largest absolute Gasteiger partial charge is 2.00 e. The van der Waals surface area contributed by atoms with Gasteiger partial charge in [0.1, 0.15) is 11.6 Å². The molecule has 0 aliphatic rings. The van der Waals surface area contributed by atoms with Crippen LogP contribution in [0.25, 0.3) is 99.8 Å². The third-order valence-corrected chi connectivity index (χ3v) is 11.3. The molecule has 0 bridgehead atoms. The van der Waals surface area contributed by atoms with Gasteiger partial charge in [0.15, 0.2) is 0 Å². The van der Waals surface area contributed by atoms with E-state index in [0.29, 0.717) is 33.2 Å². The van der Waals surface area contributed by atoms with Crippen LogP contribution < -0.4 is 4.98 Å². The van der Waals surface area contributed by atoms with Crippen molar-refractivity contribution in [2.24, 2.45) is 0 Å². The van der Waals surface area contributed by atoms with Crippen LogP contribution in [0.1, 0.15) is 16.7 Å². The van der Waals surface area contributed by atoms with Crippen LogP contribution in [-0.2, 0) is 27.2 Å². The summed E-state index contributed by atoms with van der Waals surface area (Å²) < 4.78 is 46.6. The van der Waals surface area contributed by atoms with Gasteiger partial charge in [-0.2, -0.15) is 13.2 Å². The van der Waals surface area contributed by atoms with Crippen molar-refractivity contribution in [1.29, 1.82) is 0 Å². The summed E-state index contributed by atoms with van der Waals surface area (Å²) in [6.07, 6.45) is -2.67. The Kier molecular flexibility index (Phi) is 8.88. The Balaban J connectivity index is 0.00000433. The van der Waals surface area contributed by atoms with Crippen LogP contribution in [0, 0.1) is 19.9 Å². The molecule has 11 rings (SSSR count). The van der Waals surface area contributed by atoms with Gasteiger partial charge in [-0.1, -0.05) is 101 Å². The van der Waals surface area contributed by atoms with E-state index >= 15 is 0 Å². The molecule has 0 N–H and O–H groups in total. The van der Waals surface area contributed by atoms with Crippen molar-refractivity contribution in [3.63, 3.8) is 0 Å². The average Bonchev–Trinajstić information content (AvgIpc) is 3.93. The van der Waals surface area contributed by atoms with E-state index in [2.05, 4.69) is 83.6 Å². The molecule has 0 unspecified atom stereocenters. The quantitative estimate of drug-likeness (QED) is 0.162. The maximum absolute atomic E-state index is 14.1. The molecule has 0 spiro atoms. The van der Waals surface area contributed by atoms with Crippen LogP contribution in [-0.4, -0.2) is 19.1 Å². The molecule has 11 aromatic rings. The Bertz CT molecular complexity index is 3450. The van der Waals surface area contributed by atoms with E-state index in [-0.39, 0.29) is 21.1 Å². The molecular weight excluding hydrogens is 935 g/mol. The Hall–Kier alpha value is -6.76. The van der Waals surface area contributed by atoms with E-state index in [1.54, 1.807) is 0 Å². The SMILES string of the molecule is Cc1ccnc(-n2c3[c-]c(-c4cccc5c4nc(-c4cc(-c6ccccc6)cc6c4[n-]c4ccc(C(F)(F)F)cc46)n5-c4ccccc4)ccc3c3cc(C)ccc32)c1.[Pt+2]. The summed E-state index contributed by atoms with van der Waals surface area (Å²) in [5, 5.41) is 3.26. The second kappa shape index (κ2) is 14.2. The second-order valence-electron chi connectivity index (χ2n) is 15.1. The normalized spacial score (nSPS) is 11.9. The number of hydrogen-bond donors (Lipinski definition) is 0. The van der Waals surface area contributed by atoms with E-state index < -0.39 is 11.7 Å². The van der Waals surface area contributed by atoms with E-state index in [1.165, 1.54) is 17.7 Å². The number of halogens is 3. The van der Waals surface area contributed by atoms with E-state index in [1.807, 2.05) is 85.1 Å². The number of para-hydroxylation sites is 2. The summed E-state index contributed by atoms with van der Waals surface area (Å²) in [7, 11) is 0. The fourth-order valence-electron chi connectivity index (χ4n) is 8.50. The number of nitrogens with zero attached hydrogens (tertiary/aromatic N) is 5. The third kappa shape index (κ3) is 6.05. The summed E-state index contributed by atoms with van der Waals surface area (Å²) in [6.45, 7) is 4.17. The zero-order valence-corrected chi connectivity index (χ0v) is 34.5. The van der Waals surface area contributed by atoms with Crippen molar-refractivity contribution in [3.05, 3.63) is 181 Å². The van der Waals surface area contributed by atoms with Gasteiger partial charge in [0.25, 0.3) is 0 Å². The maximum Gasteiger partial charge on any atom is 2.00 e. The number of alkyl halides is 3. The van der Waals surface area contributed by atoms with Gasteiger partial charge in [0.05, 0.1) is 16.6 Å². The first-order valence-corrected chi connectivity index (χ1v) is 19.3. The van der Waals surface area contributed by atoms with Gasteiger partial charge in [0.2, 0.25) is 0 Å². The summed E-state index contributed by atoms with van der Waals surface area (Å²) in [5.41, 5.74) is 11.3. The number of fused-ring (bicyclic) bond motifs is 7. The van der Waals surface area contributed by atoms with Crippen LogP contribution in [0.5, 0.6) is 0 Å². The first kappa shape index (κ1) is 37.5. The van der Waals surface area contributed by atoms with Gasteiger partial charge in [-0.15, -0.1) is 34.8 Å². The molecule has 0 saturated heterocycles. The number of aromatic nitrogens is 5. The third-order valence-electron chi connectivity index (χ3n) is 11.3. The van der Waals surface area contributed by atoms with Crippen LogP contribution in [0.4, 0.5) is 13.2 Å². The number of hydrogen-bond acceptors (Lipinski definition) is 2. The summed E-state index contributed by atoms with van der Waals surface area (Å²) in [4.78, 5) is 15.3. The zero-order valence-electron chi connectivity index (χ0n) is 32.2. The van der Waals surface area contributed by atoms with E-state index in [4.69, 9.17) is 15.0 Å². The van der Waals surface area contributed by atoms with Gasteiger partial charge >= 0.3 is 27.2 Å². The first-order valence-electron chi connectivity index (χ1n) is 19.3. The van der Waals surface area contributed by atoms with Crippen molar-refractivity contribution in [1.82, 2.24) is 24.1 Å². The molecule has 292 valence electrons. The molecule has 60 heavy (non-hydrogen) atoms. The van der Waals surface area contributed by atoms with Gasteiger partial charge in [0, 0.05) is 23.0 Å². The van der Waals surface area contributed by atoms with Crippen molar-refractivity contribution in [2.75, 3.05) is 0 Å². The number of rotatable bonds is 5. The van der Waals surface area contributed by atoms with Crippen LogP contribution in [0.2, 0.25) is 0 Å². The van der Waals surface area contributed by atoms with Crippen molar-refractivity contribution in [3.8, 4) is 45.1 Å². The molecule has 4 aromatic heterocycles. The molecular formula is C51H32F3N5Pt. The van der Waals surface area contributed by atoms with Crippen molar-refractivity contribution >= 4 is 54.6 Å². The Morgan fingerprint density at radius 2 is 1.38 bits per heavy atom. The number of aryl methyl sites for hydroxylation is 2. The number of benzene rings is 7. The monoisotopic (exact) mass is 966 g/mol. The van der Waals surface area contributed by atoms with Crippen LogP contribution >= 0.6 is 0 Å². The van der Waals surface area contributed by atoms with Crippen molar-refractivity contribution in [2.45, 2.75) is 20.0 Å². The average molecular weight is 967 g/mol. The molecule has 9 heteroatoms. The minimum Gasteiger partial charge on any atom is -0.656 e. The molecule has 0 atom stereocenters. The smallest absolute Gasteiger partial charge is 0.656 e. The summed E-state index contributed by atoms with van der Waals surface area (Å²) in [5.74, 6) is 1.44. The van der Waals surface area contributed by atoms with E-state index in [0.717, 1.165) is 78.2 Å². The predicted molar refractivity (Wildman–Crippen MR) is 231 cm³/mol. The minimum atomic E-state index is -4.50. The maximum atomic E-state index is 14.1. The zero-order chi connectivity index (χ0) is 40.0. The van der Waals surface area contributed by atoms with Gasteiger partial charge in [-0.25, -0.2) is 9.97 Å². The van der Waals surface area contributed by atoms with Crippen LogP contribution in [0.3, 0.4) is 0 Å². The number of pyridine rings is 1. The fraction of sp³-hybridized carbons (Fsp3) is 0.0588. The molecule has 4 heterocycles.